The van der Waals surface area contributed by atoms with E-state index in [1.807, 2.05) is 7.05 Å². The molecule has 100 valence electrons. The summed E-state index contributed by atoms with van der Waals surface area (Å²) in [4.78, 5) is 0. The summed E-state index contributed by atoms with van der Waals surface area (Å²) < 4.78 is 28.6. The zero-order valence-electron chi connectivity index (χ0n) is 10.7. The molecule has 1 heterocycles. The highest BCUT2D eigenvalue weighted by atomic mass is 32.2. The van der Waals surface area contributed by atoms with E-state index in [0.29, 0.717) is 5.92 Å². The van der Waals surface area contributed by atoms with Crippen molar-refractivity contribution in [3.63, 3.8) is 0 Å². The van der Waals surface area contributed by atoms with Crippen LogP contribution in [0, 0.1) is 11.3 Å². The molecule has 2 rings (SSSR count). The van der Waals surface area contributed by atoms with Crippen molar-refractivity contribution >= 4 is 9.84 Å². The van der Waals surface area contributed by atoms with Gasteiger partial charge in [-0.2, -0.15) is 0 Å². The van der Waals surface area contributed by atoms with Gasteiger partial charge in [0.15, 0.2) is 0 Å². The average molecular weight is 261 g/mol. The quantitative estimate of drug-likeness (QED) is 0.769. The Kier molecular flexibility index (Phi) is 3.80. The van der Waals surface area contributed by atoms with E-state index in [1.165, 1.54) is 19.1 Å². The first-order chi connectivity index (χ1) is 7.97. The predicted octanol–water partition coefficient (Wildman–Crippen LogP) is 0.826. The van der Waals surface area contributed by atoms with Gasteiger partial charge in [-0.25, -0.2) is 8.42 Å². The van der Waals surface area contributed by atoms with Crippen molar-refractivity contribution in [2.75, 3.05) is 32.2 Å². The van der Waals surface area contributed by atoms with Crippen molar-refractivity contribution in [2.45, 2.75) is 31.8 Å². The molecule has 17 heavy (non-hydrogen) atoms. The minimum Gasteiger partial charge on any atom is -0.377 e. The van der Waals surface area contributed by atoms with Crippen LogP contribution < -0.4 is 5.32 Å². The maximum absolute atomic E-state index is 11.4. The smallest absolute Gasteiger partial charge is 0.147 e. The number of hydrogen-bond acceptors (Lipinski definition) is 4. The Morgan fingerprint density at radius 3 is 2.65 bits per heavy atom. The fourth-order valence-electron chi connectivity index (χ4n) is 3.03. The van der Waals surface area contributed by atoms with Gasteiger partial charge < -0.3 is 10.1 Å². The first-order valence-corrected chi connectivity index (χ1v) is 8.47. The molecule has 0 aromatic heterocycles. The normalized spacial score (nSPS) is 34.1. The van der Waals surface area contributed by atoms with Gasteiger partial charge in [0.1, 0.15) is 9.84 Å². The molecule has 2 unspecified atom stereocenters. The molecule has 1 aliphatic carbocycles. The molecule has 4 nitrogen and oxygen atoms in total. The lowest BCUT2D eigenvalue weighted by Crippen LogP contribution is -2.42. The van der Waals surface area contributed by atoms with Crippen molar-refractivity contribution in [1.29, 1.82) is 0 Å². The molecule has 1 N–H and O–H groups in total. The minimum atomic E-state index is -2.88. The molecule has 0 bridgehead atoms. The van der Waals surface area contributed by atoms with E-state index in [9.17, 15) is 8.42 Å². The summed E-state index contributed by atoms with van der Waals surface area (Å²) in [7, 11) is -0.945. The number of ether oxygens (including phenoxy) is 1. The number of hydrogen-bond donors (Lipinski definition) is 1. The number of sulfone groups is 1. The maximum atomic E-state index is 11.4. The fourth-order valence-corrected chi connectivity index (χ4v) is 3.81. The summed E-state index contributed by atoms with van der Waals surface area (Å²) in [5.74, 6) is 0.951. The van der Waals surface area contributed by atoms with Crippen LogP contribution in [-0.2, 0) is 14.6 Å². The van der Waals surface area contributed by atoms with Gasteiger partial charge in [0.2, 0.25) is 0 Å². The van der Waals surface area contributed by atoms with Crippen LogP contribution in [0.2, 0.25) is 0 Å². The lowest BCUT2D eigenvalue weighted by Gasteiger charge is -2.34. The molecule has 0 radical (unpaired) electrons. The Morgan fingerprint density at radius 1 is 1.41 bits per heavy atom. The summed E-state index contributed by atoms with van der Waals surface area (Å²) in [6.45, 7) is 1.65. The Balaban J connectivity index is 2.07. The topological polar surface area (TPSA) is 55.4 Å². The molecule has 2 fully saturated rings. The van der Waals surface area contributed by atoms with Gasteiger partial charge in [-0.05, 0) is 38.6 Å². The summed E-state index contributed by atoms with van der Waals surface area (Å²) in [5.41, 5.74) is 0.0407. The third kappa shape index (κ3) is 3.20. The van der Waals surface area contributed by atoms with Crippen LogP contribution in [0.1, 0.15) is 25.7 Å². The molecule has 0 amide bonds. The first kappa shape index (κ1) is 13.3. The highest BCUT2D eigenvalue weighted by Gasteiger charge is 2.50. The van der Waals surface area contributed by atoms with Gasteiger partial charge in [0.25, 0.3) is 0 Å². The van der Waals surface area contributed by atoms with Gasteiger partial charge in [-0.1, -0.05) is 0 Å². The van der Waals surface area contributed by atoms with Gasteiger partial charge in [-0.15, -0.1) is 0 Å². The zero-order valence-corrected chi connectivity index (χ0v) is 11.6. The molecule has 1 aliphatic heterocycles. The van der Waals surface area contributed by atoms with Crippen LogP contribution in [0.5, 0.6) is 0 Å². The van der Waals surface area contributed by atoms with Crippen LogP contribution >= 0.6 is 0 Å². The van der Waals surface area contributed by atoms with Crippen LogP contribution in [-0.4, -0.2) is 46.7 Å². The van der Waals surface area contributed by atoms with E-state index >= 15 is 0 Å². The molecular formula is C12H23NO3S. The zero-order chi connectivity index (χ0) is 12.5. The van der Waals surface area contributed by atoms with Crippen molar-refractivity contribution in [1.82, 2.24) is 5.32 Å². The molecule has 2 aliphatic rings. The lowest BCUT2D eigenvalue weighted by molar-refractivity contribution is 0.0300. The molecular weight excluding hydrogens is 238 g/mol. The maximum Gasteiger partial charge on any atom is 0.147 e. The molecule has 1 saturated heterocycles. The lowest BCUT2D eigenvalue weighted by atomic mass is 9.76. The Labute approximate surface area is 104 Å². The van der Waals surface area contributed by atoms with E-state index in [0.717, 1.165) is 26.0 Å². The summed E-state index contributed by atoms with van der Waals surface area (Å²) in [5, 5.41) is 3.22. The van der Waals surface area contributed by atoms with Crippen LogP contribution in [0.25, 0.3) is 0 Å². The molecule has 0 aromatic rings. The van der Waals surface area contributed by atoms with E-state index in [-0.39, 0.29) is 17.3 Å². The standard InChI is InChI=1S/C12H23NO3S/c1-13-9-12(6-8-17(2,14)15)5-7-16-11(12)10-3-4-10/h10-11,13H,3-9H2,1-2H3. The van der Waals surface area contributed by atoms with Crippen molar-refractivity contribution in [3.8, 4) is 0 Å². The van der Waals surface area contributed by atoms with E-state index in [2.05, 4.69) is 5.32 Å². The van der Waals surface area contributed by atoms with Gasteiger partial charge in [-0.3, -0.25) is 0 Å². The number of rotatable bonds is 6. The van der Waals surface area contributed by atoms with E-state index in [4.69, 9.17) is 4.74 Å². The molecule has 0 aromatic carbocycles. The van der Waals surface area contributed by atoms with Crippen molar-refractivity contribution in [3.05, 3.63) is 0 Å². The van der Waals surface area contributed by atoms with E-state index < -0.39 is 9.84 Å². The second-order valence-corrected chi connectivity index (χ2v) is 7.91. The van der Waals surface area contributed by atoms with E-state index in [1.54, 1.807) is 0 Å². The highest BCUT2D eigenvalue weighted by molar-refractivity contribution is 7.90. The largest absolute Gasteiger partial charge is 0.377 e. The van der Waals surface area contributed by atoms with Crippen molar-refractivity contribution < 1.29 is 13.2 Å². The Bertz CT molecular complexity index is 364. The third-order valence-corrected chi connectivity index (χ3v) is 5.00. The molecule has 2 atom stereocenters. The second-order valence-electron chi connectivity index (χ2n) is 5.65. The number of nitrogens with one attached hydrogen (secondary N) is 1. The summed E-state index contributed by atoms with van der Waals surface area (Å²) in [6, 6.07) is 0. The highest BCUT2D eigenvalue weighted by Crippen LogP contribution is 2.49. The Hall–Kier alpha value is -0.130. The molecule has 5 heteroatoms. The molecule has 1 saturated carbocycles. The SMILES string of the molecule is CNCC1(CCS(C)(=O)=O)CCOC1C1CC1. The predicted molar refractivity (Wildman–Crippen MR) is 67.8 cm³/mol. The van der Waals surface area contributed by atoms with Crippen LogP contribution in [0.15, 0.2) is 0 Å². The average Bonchev–Trinajstić information content (AvgIpc) is 2.98. The van der Waals surface area contributed by atoms with Gasteiger partial charge in [0.05, 0.1) is 11.9 Å². The second kappa shape index (κ2) is 4.86. The summed E-state index contributed by atoms with van der Waals surface area (Å²) >= 11 is 0. The van der Waals surface area contributed by atoms with Crippen LogP contribution in [0.4, 0.5) is 0 Å². The third-order valence-electron chi connectivity index (χ3n) is 4.05. The van der Waals surface area contributed by atoms with Crippen LogP contribution in [0.3, 0.4) is 0 Å². The van der Waals surface area contributed by atoms with Gasteiger partial charge >= 0.3 is 0 Å². The Morgan fingerprint density at radius 2 is 2.12 bits per heavy atom. The minimum absolute atomic E-state index is 0.0407. The monoisotopic (exact) mass is 261 g/mol. The molecule has 0 spiro atoms. The first-order valence-electron chi connectivity index (χ1n) is 6.41. The summed E-state index contributed by atoms with van der Waals surface area (Å²) in [6.07, 6.45) is 5.81. The fraction of sp³-hybridized carbons (Fsp3) is 1.00. The van der Waals surface area contributed by atoms with Crippen molar-refractivity contribution in [2.24, 2.45) is 11.3 Å². The van der Waals surface area contributed by atoms with Gasteiger partial charge in [0, 0.05) is 24.8 Å².